The first-order chi connectivity index (χ1) is 14.8. The van der Waals surface area contributed by atoms with Crippen LogP contribution in [0.3, 0.4) is 0 Å². The van der Waals surface area contributed by atoms with Gasteiger partial charge in [-0.1, -0.05) is 6.07 Å². The highest BCUT2D eigenvalue weighted by atomic mass is 19.4. The lowest BCUT2D eigenvalue weighted by Gasteiger charge is -2.16. The first-order valence-corrected chi connectivity index (χ1v) is 9.50. The molecule has 2 heterocycles. The van der Waals surface area contributed by atoms with Gasteiger partial charge in [-0.25, -0.2) is 4.39 Å². The van der Waals surface area contributed by atoms with Crippen LogP contribution in [0.5, 0.6) is 5.75 Å². The van der Waals surface area contributed by atoms with Gasteiger partial charge in [-0.15, -0.1) is 13.2 Å². The number of carbonyl (C=O) groups excluding carboxylic acids is 1. The van der Waals surface area contributed by atoms with Gasteiger partial charge in [0.25, 0.3) is 5.91 Å². The molecule has 1 aliphatic heterocycles. The molecule has 1 saturated heterocycles. The first kappa shape index (κ1) is 20.7. The summed E-state index contributed by atoms with van der Waals surface area (Å²) >= 11 is 0. The van der Waals surface area contributed by atoms with Crippen molar-refractivity contribution < 1.29 is 27.1 Å². The molecule has 6 nitrogen and oxygen atoms in total. The topological polar surface area (TPSA) is 70.2 Å². The number of anilines is 1. The van der Waals surface area contributed by atoms with Crippen LogP contribution in [0.4, 0.5) is 23.4 Å². The van der Waals surface area contributed by atoms with Crippen LogP contribution in [0.15, 0.2) is 54.6 Å². The number of amides is 1. The Morgan fingerprint density at radius 2 is 1.94 bits per heavy atom. The SMILES string of the molecule is O=C(NC1CCN(c2cc(-c3ccc(F)cc3)[nH]n2)C1)c1cccc(OC(F)(F)F)c1. The summed E-state index contributed by atoms with van der Waals surface area (Å²) in [5.41, 5.74) is 1.62. The second-order valence-electron chi connectivity index (χ2n) is 7.13. The second kappa shape index (κ2) is 8.29. The van der Waals surface area contributed by atoms with Gasteiger partial charge in [0.2, 0.25) is 0 Å². The number of ether oxygens (including phenoxy) is 1. The van der Waals surface area contributed by atoms with Gasteiger partial charge in [-0.05, 0) is 54.4 Å². The van der Waals surface area contributed by atoms with Crippen LogP contribution in [0, 0.1) is 5.82 Å². The quantitative estimate of drug-likeness (QED) is 0.593. The molecule has 0 radical (unpaired) electrons. The maximum atomic E-state index is 13.1. The highest BCUT2D eigenvalue weighted by Gasteiger charge is 2.31. The molecule has 2 aromatic carbocycles. The Balaban J connectivity index is 1.37. The predicted molar refractivity (Wildman–Crippen MR) is 105 cm³/mol. The zero-order valence-electron chi connectivity index (χ0n) is 16.1. The fourth-order valence-corrected chi connectivity index (χ4v) is 3.44. The van der Waals surface area contributed by atoms with Gasteiger partial charge in [0.1, 0.15) is 11.6 Å². The fourth-order valence-electron chi connectivity index (χ4n) is 3.44. The van der Waals surface area contributed by atoms with Gasteiger partial charge >= 0.3 is 6.36 Å². The van der Waals surface area contributed by atoms with Crippen LogP contribution >= 0.6 is 0 Å². The van der Waals surface area contributed by atoms with Crippen molar-refractivity contribution in [3.05, 3.63) is 66.0 Å². The smallest absolute Gasteiger partial charge is 0.406 e. The van der Waals surface area contributed by atoms with Crippen LogP contribution in [0.25, 0.3) is 11.3 Å². The van der Waals surface area contributed by atoms with E-state index < -0.39 is 18.0 Å². The van der Waals surface area contributed by atoms with Crippen molar-refractivity contribution in [1.29, 1.82) is 0 Å². The summed E-state index contributed by atoms with van der Waals surface area (Å²) in [5.74, 6) is -0.555. The van der Waals surface area contributed by atoms with Gasteiger partial charge in [0.05, 0.1) is 5.69 Å². The third kappa shape index (κ3) is 5.14. The maximum absolute atomic E-state index is 13.1. The van der Waals surface area contributed by atoms with Crippen LogP contribution in [0.1, 0.15) is 16.8 Å². The van der Waals surface area contributed by atoms with Crippen molar-refractivity contribution in [3.63, 3.8) is 0 Å². The number of halogens is 4. The molecule has 3 aromatic rings. The summed E-state index contributed by atoms with van der Waals surface area (Å²) in [6.07, 6.45) is -4.17. The number of nitrogens with one attached hydrogen (secondary N) is 2. The summed E-state index contributed by atoms with van der Waals surface area (Å²) < 4.78 is 54.1. The van der Waals surface area contributed by atoms with E-state index in [2.05, 4.69) is 20.3 Å². The summed E-state index contributed by atoms with van der Waals surface area (Å²) in [4.78, 5) is 14.4. The van der Waals surface area contributed by atoms with Crippen LogP contribution in [-0.2, 0) is 0 Å². The number of hydrogen-bond donors (Lipinski definition) is 2. The average molecular weight is 434 g/mol. The van der Waals surface area contributed by atoms with Crippen LogP contribution in [0.2, 0.25) is 0 Å². The number of rotatable bonds is 5. The van der Waals surface area contributed by atoms with Gasteiger partial charge in [-0.2, -0.15) is 5.10 Å². The lowest BCUT2D eigenvalue weighted by molar-refractivity contribution is -0.274. The number of hydrogen-bond acceptors (Lipinski definition) is 4. The van der Waals surface area contributed by atoms with Crippen molar-refractivity contribution in [3.8, 4) is 17.0 Å². The summed E-state index contributed by atoms with van der Waals surface area (Å²) in [7, 11) is 0. The number of H-pyrrole nitrogens is 1. The number of nitrogens with zero attached hydrogens (tertiary/aromatic N) is 2. The second-order valence-corrected chi connectivity index (χ2v) is 7.13. The van der Waals surface area contributed by atoms with Crippen LogP contribution in [-0.4, -0.2) is 41.6 Å². The minimum absolute atomic E-state index is 0.0820. The Labute approximate surface area is 174 Å². The third-order valence-corrected chi connectivity index (χ3v) is 4.90. The molecule has 31 heavy (non-hydrogen) atoms. The molecule has 1 atom stereocenters. The summed E-state index contributed by atoms with van der Waals surface area (Å²) in [6, 6.07) is 12.6. The zero-order valence-corrected chi connectivity index (χ0v) is 16.1. The molecular weight excluding hydrogens is 416 g/mol. The Hall–Kier alpha value is -3.56. The first-order valence-electron chi connectivity index (χ1n) is 9.50. The molecule has 1 aromatic heterocycles. The number of carbonyl (C=O) groups is 1. The van der Waals surface area contributed by atoms with Crippen molar-refractivity contribution >= 4 is 11.7 Å². The van der Waals surface area contributed by atoms with Crippen molar-refractivity contribution in [2.75, 3.05) is 18.0 Å². The molecule has 4 rings (SSSR count). The minimum Gasteiger partial charge on any atom is -0.406 e. The van der Waals surface area contributed by atoms with Crippen molar-refractivity contribution in [2.24, 2.45) is 0 Å². The predicted octanol–water partition coefficient (Wildman–Crippen LogP) is 4.12. The lowest BCUT2D eigenvalue weighted by atomic mass is 10.1. The average Bonchev–Trinajstić information content (AvgIpc) is 3.37. The Kier molecular flexibility index (Phi) is 5.53. The fraction of sp³-hybridized carbons (Fsp3) is 0.238. The molecule has 1 amide bonds. The van der Waals surface area contributed by atoms with E-state index in [1.165, 1.54) is 24.3 Å². The Morgan fingerprint density at radius 1 is 1.16 bits per heavy atom. The molecule has 1 aliphatic rings. The zero-order chi connectivity index (χ0) is 22.0. The van der Waals surface area contributed by atoms with E-state index in [1.54, 1.807) is 12.1 Å². The summed E-state index contributed by atoms with van der Waals surface area (Å²) in [5, 5.41) is 10.0. The van der Waals surface area contributed by atoms with E-state index in [1.807, 2.05) is 11.0 Å². The van der Waals surface area contributed by atoms with E-state index in [0.29, 0.717) is 25.3 Å². The summed E-state index contributed by atoms with van der Waals surface area (Å²) in [6.45, 7) is 1.15. The molecule has 10 heteroatoms. The molecule has 0 aliphatic carbocycles. The Morgan fingerprint density at radius 3 is 2.68 bits per heavy atom. The molecule has 1 fully saturated rings. The highest BCUT2D eigenvalue weighted by Crippen LogP contribution is 2.26. The van der Waals surface area contributed by atoms with Gasteiger partial charge in [0, 0.05) is 30.8 Å². The van der Waals surface area contributed by atoms with E-state index in [9.17, 15) is 22.4 Å². The highest BCUT2D eigenvalue weighted by molar-refractivity contribution is 5.94. The van der Waals surface area contributed by atoms with E-state index in [0.717, 1.165) is 23.4 Å². The number of aromatic nitrogens is 2. The minimum atomic E-state index is -4.82. The molecule has 0 saturated carbocycles. The monoisotopic (exact) mass is 434 g/mol. The number of alkyl halides is 3. The molecule has 0 spiro atoms. The lowest BCUT2D eigenvalue weighted by Crippen LogP contribution is -2.37. The normalized spacial score (nSPS) is 16.4. The molecule has 162 valence electrons. The standard InChI is InChI=1S/C21H18F4N4O2/c22-15-6-4-13(5-7-15)18-11-19(28-27-18)29-9-8-16(12-29)26-20(30)14-2-1-3-17(10-14)31-21(23,24)25/h1-7,10-11,16H,8-9,12H2,(H,26,30)(H,27,28). The van der Waals surface area contributed by atoms with Gasteiger partial charge in [-0.3, -0.25) is 9.89 Å². The van der Waals surface area contributed by atoms with Gasteiger partial charge < -0.3 is 15.0 Å². The maximum Gasteiger partial charge on any atom is 0.573 e. The molecule has 1 unspecified atom stereocenters. The van der Waals surface area contributed by atoms with Crippen molar-refractivity contribution in [2.45, 2.75) is 18.8 Å². The number of benzene rings is 2. The largest absolute Gasteiger partial charge is 0.573 e. The van der Waals surface area contributed by atoms with E-state index >= 15 is 0 Å². The third-order valence-electron chi connectivity index (χ3n) is 4.90. The number of aromatic amines is 1. The van der Waals surface area contributed by atoms with Crippen molar-refractivity contribution in [1.82, 2.24) is 15.5 Å². The van der Waals surface area contributed by atoms with Crippen LogP contribution < -0.4 is 15.0 Å². The molecular formula is C21H18F4N4O2. The van der Waals surface area contributed by atoms with E-state index in [-0.39, 0.29) is 17.4 Å². The Bertz CT molecular complexity index is 1070. The van der Waals surface area contributed by atoms with E-state index in [4.69, 9.17) is 0 Å². The van der Waals surface area contributed by atoms with Gasteiger partial charge in [0.15, 0.2) is 5.82 Å². The molecule has 0 bridgehead atoms. The molecule has 2 N–H and O–H groups in total.